The summed E-state index contributed by atoms with van der Waals surface area (Å²) in [6, 6.07) is 1.43. The third-order valence-electron chi connectivity index (χ3n) is 6.44. The average molecular weight is 400 g/mol. The van der Waals surface area contributed by atoms with Crippen LogP contribution in [0.1, 0.15) is 6.42 Å². The number of nitrogens with one attached hydrogen (secondary N) is 1. The van der Waals surface area contributed by atoms with Gasteiger partial charge in [-0.25, -0.2) is 0 Å². The first-order valence-corrected chi connectivity index (χ1v) is 11.1. The van der Waals surface area contributed by atoms with E-state index < -0.39 is 0 Å². The molecule has 0 aliphatic carbocycles. The molecule has 0 aromatic heterocycles. The van der Waals surface area contributed by atoms with Gasteiger partial charge in [0.25, 0.3) is 0 Å². The third-order valence-corrected chi connectivity index (χ3v) is 6.44. The molecular formula is C20H41N5O3. The summed E-state index contributed by atoms with van der Waals surface area (Å²) in [6.07, 6.45) is 1.31. The summed E-state index contributed by atoms with van der Waals surface area (Å²) >= 11 is 0. The van der Waals surface area contributed by atoms with E-state index in [0.717, 1.165) is 85.3 Å². The first kappa shape index (κ1) is 22.4. The van der Waals surface area contributed by atoms with Crippen LogP contribution in [0.2, 0.25) is 0 Å². The SMILES string of the molecule is CNCCOCCN1C[C@@H]2C[C@H]1CN2CCOCCN1CCN(CCO)CC1. The Morgan fingerprint density at radius 2 is 1.32 bits per heavy atom. The normalized spacial score (nSPS) is 27.2. The molecular weight excluding hydrogens is 358 g/mol. The van der Waals surface area contributed by atoms with Crippen molar-refractivity contribution in [1.29, 1.82) is 0 Å². The van der Waals surface area contributed by atoms with Crippen LogP contribution < -0.4 is 5.32 Å². The van der Waals surface area contributed by atoms with Crippen molar-refractivity contribution in [3.63, 3.8) is 0 Å². The number of β-amino-alcohol motifs (C(OH)–C–C–N with tert-alkyl or cyclic N) is 1. The van der Waals surface area contributed by atoms with Crippen LogP contribution in [0, 0.1) is 0 Å². The molecule has 0 aromatic carbocycles. The molecule has 3 saturated heterocycles. The number of nitrogens with zero attached hydrogens (tertiary/aromatic N) is 4. The molecule has 0 radical (unpaired) electrons. The molecule has 0 spiro atoms. The molecule has 3 aliphatic heterocycles. The predicted octanol–water partition coefficient (Wildman–Crippen LogP) is -1.39. The fraction of sp³-hybridized carbons (Fsp3) is 1.00. The van der Waals surface area contributed by atoms with Crippen LogP contribution in [0.15, 0.2) is 0 Å². The van der Waals surface area contributed by atoms with E-state index in [9.17, 15) is 0 Å². The minimum absolute atomic E-state index is 0.268. The smallest absolute Gasteiger partial charge is 0.0594 e. The van der Waals surface area contributed by atoms with Crippen molar-refractivity contribution in [3.8, 4) is 0 Å². The maximum Gasteiger partial charge on any atom is 0.0594 e. The first-order chi connectivity index (χ1) is 13.8. The molecule has 2 bridgehead atoms. The predicted molar refractivity (Wildman–Crippen MR) is 111 cm³/mol. The Morgan fingerprint density at radius 3 is 1.86 bits per heavy atom. The lowest BCUT2D eigenvalue weighted by Gasteiger charge is -2.35. The molecule has 164 valence electrons. The van der Waals surface area contributed by atoms with Gasteiger partial charge in [0.15, 0.2) is 0 Å². The number of aliphatic hydroxyl groups excluding tert-OH is 1. The number of rotatable bonds is 14. The average Bonchev–Trinajstić information content (AvgIpc) is 3.29. The Balaban J connectivity index is 1.18. The minimum atomic E-state index is 0.268. The lowest BCUT2D eigenvalue weighted by molar-refractivity contribution is 0.0427. The van der Waals surface area contributed by atoms with Gasteiger partial charge in [-0.1, -0.05) is 0 Å². The van der Waals surface area contributed by atoms with Crippen LogP contribution in [0.25, 0.3) is 0 Å². The standard InChI is InChI=1S/C20H41N5O3/c1-21-2-12-27-14-9-24-17-20-16-19(24)18-25(20)10-15-28-13-8-23-5-3-22(4-6-23)7-11-26/h19-21,26H,2-18H2,1H3/t19-,20-/m0/s1. The molecule has 8 nitrogen and oxygen atoms in total. The number of hydrogen-bond acceptors (Lipinski definition) is 8. The maximum atomic E-state index is 9.01. The highest BCUT2D eigenvalue weighted by atomic mass is 16.5. The van der Waals surface area contributed by atoms with Crippen LogP contribution in [0.5, 0.6) is 0 Å². The fourth-order valence-electron chi connectivity index (χ4n) is 4.69. The van der Waals surface area contributed by atoms with E-state index in [1.807, 2.05) is 7.05 Å². The Labute approximate surface area is 170 Å². The quantitative estimate of drug-likeness (QED) is 0.346. The topological polar surface area (TPSA) is 63.7 Å². The summed E-state index contributed by atoms with van der Waals surface area (Å²) in [5, 5.41) is 12.1. The second-order valence-corrected chi connectivity index (χ2v) is 8.27. The van der Waals surface area contributed by atoms with Crippen LogP contribution >= 0.6 is 0 Å². The molecule has 3 heterocycles. The first-order valence-electron chi connectivity index (χ1n) is 11.1. The Kier molecular flexibility index (Phi) is 9.90. The number of fused-ring (bicyclic) bond motifs is 2. The molecule has 28 heavy (non-hydrogen) atoms. The third kappa shape index (κ3) is 6.88. The van der Waals surface area contributed by atoms with Crippen molar-refractivity contribution in [2.45, 2.75) is 18.5 Å². The van der Waals surface area contributed by atoms with Gasteiger partial charge < -0.3 is 19.9 Å². The van der Waals surface area contributed by atoms with Crippen LogP contribution in [0.3, 0.4) is 0 Å². The number of hydrogen-bond donors (Lipinski definition) is 2. The molecule has 8 heteroatoms. The minimum Gasteiger partial charge on any atom is -0.395 e. The van der Waals surface area contributed by atoms with Crippen molar-refractivity contribution >= 4 is 0 Å². The molecule has 0 unspecified atom stereocenters. The molecule has 2 atom stereocenters. The van der Waals surface area contributed by atoms with Gasteiger partial charge in [-0.15, -0.1) is 0 Å². The van der Waals surface area contributed by atoms with E-state index >= 15 is 0 Å². The largest absolute Gasteiger partial charge is 0.395 e. The Bertz CT molecular complexity index is 423. The molecule has 2 N–H and O–H groups in total. The zero-order valence-corrected chi connectivity index (χ0v) is 17.7. The number of likely N-dealkylation sites (tertiary alicyclic amines) is 2. The van der Waals surface area contributed by atoms with Gasteiger partial charge in [-0.05, 0) is 13.5 Å². The monoisotopic (exact) mass is 399 g/mol. The van der Waals surface area contributed by atoms with Crippen molar-refractivity contribution in [1.82, 2.24) is 24.9 Å². The maximum absolute atomic E-state index is 9.01. The summed E-state index contributed by atoms with van der Waals surface area (Å²) in [5.74, 6) is 0. The van der Waals surface area contributed by atoms with E-state index in [2.05, 4.69) is 24.9 Å². The number of likely N-dealkylation sites (N-methyl/N-ethyl adjacent to an activating group) is 1. The molecule has 0 aromatic rings. The lowest BCUT2D eigenvalue weighted by Crippen LogP contribution is -2.48. The molecule has 3 fully saturated rings. The summed E-state index contributed by atoms with van der Waals surface area (Å²) in [5.41, 5.74) is 0. The second-order valence-electron chi connectivity index (χ2n) is 8.27. The van der Waals surface area contributed by atoms with E-state index in [1.165, 1.54) is 19.5 Å². The van der Waals surface area contributed by atoms with E-state index in [0.29, 0.717) is 12.1 Å². The van der Waals surface area contributed by atoms with Crippen molar-refractivity contribution < 1.29 is 14.6 Å². The molecule has 0 saturated carbocycles. The highest BCUT2D eigenvalue weighted by molar-refractivity contribution is 4.99. The van der Waals surface area contributed by atoms with Crippen LogP contribution in [-0.4, -0.2) is 149 Å². The van der Waals surface area contributed by atoms with Crippen LogP contribution in [0.4, 0.5) is 0 Å². The number of ether oxygens (including phenoxy) is 2. The number of piperazine rings is 2. The summed E-state index contributed by atoms with van der Waals surface area (Å²) in [4.78, 5) is 10.0. The van der Waals surface area contributed by atoms with Crippen molar-refractivity contribution in [3.05, 3.63) is 0 Å². The number of aliphatic hydroxyl groups is 1. The highest BCUT2D eigenvalue weighted by Crippen LogP contribution is 2.29. The van der Waals surface area contributed by atoms with E-state index in [4.69, 9.17) is 14.6 Å². The van der Waals surface area contributed by atoms with Crippen LogP contribution in [-0.2, 0) is 9.47 Å². The van der Waals surface area contributed by atoms with Gasteiger partial charge in [0.2, 0.25) is 0 Å². The van der Waals surface area contributed by atoms with Gasteiger partial charge in [0.05, 0.1) is 33.0 Å². The summed E-state index contributed by atoms with van der Waals surface area (Å²) in [6.45, 7) is 15.2. The van der Waals surface area contributed by atoms with Crippen molar-refractivity contribution in [2.75, 3.05) is 112 Å². The fourth-order valence-corrected chi connectivity index (χ4v) is 4.69. The second kappa shape index (κ2) is 12.4. The molecule has 3 aliphatic rings. The lowest BCUT2D eigenvalue weighted by atomic mass is 10.2. The van der Waals surface area contributed by atoms with Gasteiger partial charge >= 0.3 is 0 Å². The zero-order valence-electron chi connectivity index (χ0n) is 17.7. The van der Waals surface area contributed by atoms with Crippen molar-refractivity contribution in [2.24, 2.45) is 0 Å². The molecule has 3 rings (SSSR count). The van der Waals surface area contributed by atoms with Gasteiger partial charge in [-0.2, -0.15) is 0 Å². The van der Waals surface area contributed by atoms with E-state index in [1.54, 1.807) is 0 Å². The zero-order chi connectivity index (χ0) is 19.6. The van der Waals surface area contributed by atoms with E-state index in [-0.39, 0.29) is 6.61 Å². The van der Waals surface area contributed by atoms with Gasteiger partial charge in [0.1, 0.15) is 0 Å². The molecule has 0 amide bonds. The van der Waals surface area contributed by atoms with Gasteiger partial charge in [-0.3, -0.25) is 19.6 Å². The highest BCUT2D eigenvalue weighted by Gasteiger charge is 2.42. The summed E-state index contributed by atoms with van der Waals surface area (Å²) < 4.78 is 11.6. The Hall–Kier alpha value is -0.320. The Morgan fingerprint density at radius 1 is 0.786 bits per heavy atom. The van der Waals surface area contributed by atoms with Gasteiger partial charge in [0, 0.05) is 84.1 Å². The summed E-state index contributed by atoms with van der Waals surface area (Å²) in [7, 11) is 1.96.